The molecule has 0 saturated heterocycles. The number of imidazole rings is 1. The first kappa shape index (κ1) is 12.6. The molecule has 4 rings (SSSR count). The van der Waals surface area contributed by atoms with E-state index < -0.39 is 0 Å². The predicted molar refractivity (Wildman–Crippen MR) is 84.3 cm³/mol. The number of fused-ring (bicyclic) bond motifs is 3. The number of benzene rings is 1. The standard InChI is InChI=1S/C18H19N3/c19-12-13-8-9-21-17-11-15(14-4-2-1-3-5-14)6-7-16(17)20-18(21)10-13/h1-5,8-10,15H,6-7,11-12,19H2. The molecule has 3 heteroatoms. The van der Waals surface area contributed by atoms with E-state index in [1.807, 2.05) is 0 Å². The number of pyridine rings is 1. The molecule has 0 bridgehead atoms. The highest BCUT2D eigenvalue weighted by Crippen LogP contribution is 2.32. The van der Waals surface area contributed by atoms with Crippen molar-refractivity contribution in [3.05, 3.63) is 71.2 Å². The Bertz CT molecular complexity index is 774. The molecule has 3 aromatic rings. The molecule has 21 heavy (non-hydrogen) atoms. The fraction of sp³-hybridized carbons (Fsp3) is 0.278. The van der Waals surface area contributed by atoms with E-state index in [2.05, 4.69) is 53.1 Å². The van der Waals surface area contributed by atoms with Gasteiger partial charge in [0, 0.05) is 18.4 Å². The summed E-state index contributed by atoms with van der Waals surface area (Å²) in [6.45, 7) is 0.570. The quantitative estimate of drug-likeness (QED) is 0.782. The Morgan fingerprint density at radius 3 is 2.86 bits per heavy atom. The van der Waals surface area contributed by atoms with E-state index in [1.54, 1.807) is 0 Å². The minimum absolute atomic E-state index is 0.570. The lowest BCUT2D eigenvalue weighted by molar-refractivity contribution is 0.568. The number of aryl methyl sites for hydroxylation is 1. The molecule has 1 atom stereocenters. The monoisotopic (exact) mass is 277 g/mol. The molecule has 2 N–H and O–H groups in total. The first-order valence-electron chi connectivity index (χ1n) is 7.59. The van der Waals surface area contributed by atoms with Gasteiger partial charge in [0.2, 0.25) is 0 Å². The largest absolute Gasteiger partial charge is 0.326 e. The SMILES string of the molecule is NCc1ccn2c3c(nc2c1)CCC(c1ccccc1)C3. The number of aromatic nitrogens is 2. The van der Waals surface area contributed by atoms with Gasteiger partial charge in [0.1, 0.15) is 5.65 Å². The third-order valence-corrected chi connectivity index (χ3v) is 4.55. The van der Waals surface area contributed by atoms with Crippen molar-refractivity contribution in [2.24, 2.45) is 5.73 Å². The Hall–Kier alpha value is -2.13. The Morgan fingerprint density at radius 1 is 1.19 bits per heavy atom. The summed E-state index contributed by atoms with van der Waals surface area (Å²) in [5, 5.41) is 0. The van der Waals surface area contributed by atoms with Crippen LogP contribution in [0.3, 0.4) is 0 Å². The third-order valence-electron chi connectivity index (χ3n) is 4.55. The molecule has 0 saturated carbocycles. The molecule has 2 aromatic heterocycles. The molecule has 1 aromatic carbocycles. The van der Waals surface area contributed by atoms with Gasteiger partial charge in [-0.15, -0.1) is 0 Å². The highest BCUT2D eigenvalue weighted by atomic mass is 15.0. The maximum atomic E-state index is 5.72. The van der Waals surface area contributed by atoms with Gasteiger partial charge in [-0.3, -0.25) is 0 Å². The van der Waals surface area contributed by atoms with E-state index in [1.165, 1.54) is 23.4 Å². The first-order chi connectivity index (χ1) is 10.3. The van der Waals surface area contributed by atoms with Crippen LogP contribution in [0.5, 0.6) is 0 Å². The van der Waals surface area contributed by atoms with E-state index in [0.717, 1.165) is 24.1 Å². The number of nitrogens with zero attached hydrogens (tertiary/aromatic N) is 2. The van der Waals surface area contributed by atoms with Gasteiger partial charge in [-0.1, -0.05) is 30.3 Å². The van der Waals surface area contributed by atoms with E-state index in [9.17, 15) is 0 Å². The number of hydrogen-bond acceptors (Lipinski definition) is 2. The Balaban J connectivity index is 1.74. The molecule has 1 aliphatic carbocycles. The van der Waals surface area contributed by atoms with Gasteiger partial charge in [0.15, 0.2) is 0 Å². The van der Waals surface area contributed by atoms with Gasteiger partial charge in [0.05, 0.1) is 5.69 Å². The highest BCUT2D eigenvalue weighted by Gasteiger charge is 2.24. The van der Waals surface area contributed by atoms with Gasteiger partial charge in [-0.2, -0.15) is 0 Å². The maximum Gasteiger partial charge on any atom is 0.137 e. The van der Waals surface area contributed by atoms with E-state index in [4.69, 9.17) is 10.7 Å². The van der Waals surface area contributed by atoms with Crippen molar-refractivity contribution in [2.75, 3.05) is 0 Å². The molecule has 0 fully saturated rings. The molecule has 106 valence electrons. The van der Waals surface area contributed by atoms with Crippen molar-refractivity contribution in [1.29, 1.82) is 0 Å². The minimum atomic E-state index is 0.570. The first-order valence-corrected chi connectivity index (χ1v) is 7.59. The van der Waals surface area contributed by atoms with Gasteiger partial charge >= 0.3 is 0 Å². The lowest BCUT2D eigenvalue weighted by atomic mass is 9.84. The Kier molecular flexibility index (Phi) is 3.00. The molecular formula is C18H19N3. The number of nitrogens with two attached hydrogens (primary N) is 1. The highest BCUT2D eigenvalue weighted by molar-refractivity contribution is 5.47. The van der Waals surface area contributed by atoms with Crippen LogP contribution in [-0.2, 0) is 19.4 Å². The normalized spacial score (nSPS) is 17.9. The molecule has 2 heterocycles. The van der Waals surface area contributed by atoms with Crippen LogP contribution in [0.1, 0.15) is 34.9 Å². The number of hydrogen-bond donors (Lipinski definition) is 1. The van der Waals surface area contributed by atoms with Gasteiger partial charge in [-0.25, -0.2) is 4.98 Å². The van der Waals surface area contributed by atoms with Crippen molar-refractivity contribution in [3.63, 3.8) is 0 Å². The lowest BCUT2D eigenvalue weighted by Gasteiger charge is -2.22. The van der Waals surface area contributed by atoms with Crippen molar-refractivity contribution < 1.29 is 0 Å². The van der Waals surface area contributed by atoms with Crippen molar-refractivity contribution in [2.45, 2.75) is 31.7 Å². The van der Waals surface area contributed by atoms with Gasteiger partial charge in [0.25, 0.3) is 0 Å². The van der Waals surface area contributed by atoms with Crippen LogP contribution >= 0.6 is 0 Å². The Morgan fingerprint density at radius 2 is 2.05 bits per heavy atom. The zero-order chi connectivity index (χ0) is 14.2. The smallest absolute Gasteiger partial charge is 0.137 e. The van der Waals surface area contributed by atoms with Crippen LogP contribution < -0.4 is 5.73 Å². The van der Waals surface area contributed by atoms with Crippen LogP contribution in [0.25, 0.3) is 5.65 Å². The lowest BCUT2D eigenvalue weighted by Crippen LogP contribution is -2.13. The summed E-state index contributed by atoms with van der Waals surface area (Å²) in [6, 6.07) is 15.0. The second kappa shape index (κ2) is 5.01. The summed E-state index contributed by atoms with van der Waals surface area (Å²) < 4.78 is 2.24. The van der Waals surface area contributed by atoms with Gasteiger partial charge < -0.3 is 10.1 Å². The Labute approximate surface area is 124 Å². The molecule has 1 unspecified atom stereocenters. The summed E-state index contributed by atoms with van der Waals surface area (Å²) in [4.78, 5) is 4.80. The summed E-state index contributed by atoms with van der Waals surface area (Å²) >= 11 is 0. The molecule has 3 nitrogen and oxygen atoms in total. The summed E-state index contributed by atoms with van der Waals surface area (Å²) in [5.74, 6) is 0.604. The van der Waals surface area contributed by atoms with Crippen molar-refractivity contribution >= 4 is 5.65 Å². The topological polar surface area (TPSA) is 43.3 Å². The molecule has 0 amide bonds. The fourth-order valence-electron chi connectivity index (χ4n) is 3.39. The van der Waals surface area contributed by atoms with Crippen molar-refractivity contribution in [1.82, 2.24) is 9.38 Å². The summed E-state index contributed by atoms with van der Waals surface area (Å²) in [6.07, 6.45) is 5.44. The van der Waals surface area contributed by atoms with E-state index >= 15 is 0 Å². The molecule has 1 aliphatic rings. The minimum Gasteiger partial charge on any atom is -0.326 e. The average molecular weight is 277 g/mol. The second-order valence-electron chi connectivity index (χ2n) is 5.82. The average Bonchev–Trinajstić information content (AvgIpc) is 2.92. The molecule has 0 radical (unpaired) electrons. The second-order valence-corrected chi connectivity index (χ2v) is 5.82. The van der Waals surface area contributed by atoms with Gasteiger partial charge in [-0.05, 0) is 48.4 Å². The molecular weight excluding hydrogens is 258 g/mol. The molecule has 0 spiro atoms. The zero-order valence-electron chi connectivity index (χ0n) is 12.0. The molecule has 0 aliphatic heterocycles. The fourth-order valence-corrected chi connectivity index (χ4v) is 3.39. The van der Waals surface area contributed by atoms with Crippen LogP contribution in [-0.4, -0.2) is 9.38 Å². The summed E-state index contributed by atoms with van der Waals surface area (Å²) in [7, 11) is 0. The third kappa shape index (κ3) is 2.14. The maximum absolute atomic E-state index is 5.72. The van der Waals surface area contributed by atoms with Crippen LogP contribution in [0.2, 0.25) is 0 Å². The van der Waals surface area contributed by atoms with E-state index in [0.29, 0.717) is 12.5 Å². The number of rotatable bonds is 2. The zero-order valence-corrected chi connectivity index (χ0v) is 12.0. The summed E-state index contributed by atoms with van der Waals surface area (Å²) in [5.41, 5.74) is 12.0. The van der Waals surface area contributed by atoms with Crippen molar-refractivity contribution in [3.8, 4) is 0 Å². The van der Waals surface area contributed by atoms with Crippen LogP contribution in [0.4, 0.5) is 0 Å². The van der Waals surface area contributed by atoms with Crippen LogP contribution in [0, 0.1) is 0 Å². The van der Waals surface area contributed by atoms with E-state index in [-0.39, 0.29) is 0 Å². The predicted octanol–water partition coefficient (Wildman–Crippen LogP) is 3.07. The van der Waals surface area contributed by atoms with Crippen LogP contribution in [0.15, 0.2) is 48.7 Å².